The molecule has 0 aliphatic carbocycles. The summed E-state index contributed by atoms with van der Waals surface area (Å²) in [6.07, 6.45) is 1.86. The summed E-state index contributed by atoms with van der Waals surface area (Å²) >= 11 is 1.71. The van der Waals surface area contributed by atoms with E-state index in [-0.39, 0.29) is 17.6 Å². The lowest BCUT2D eigenvalue weighted by molar-refractivity contribution is -0.125. The third kappa shape index (κ3) is 4.02. The number of amides is 1. The summed E-state index contributed by atoms with van der Waals surface area (Å²) in [6, 6.07) is 10.6. The number of aromatic nitrogens is 1. The van der Waals surface area contributed by atoms with Gasteiger partial charge in [-0.3, -0.25) is 4.79 Å². The first-order chi connectivity index (χ1) is 13.5. The second-order valence-electron chi connectivity index (χ2n) is 7.55. The third-order valence-electron chi connectivity index (χ3n) is 5.26. The van der Waals surface area contributed by atoms with Gasteiger partial charge in [0.1, 0.15) is 5.82 Å². The van der Waals surface area contributed by atoms with Crippen molar-refractivity contribution in [3.8, 4) is 0 Å². The molecule has 2 heterocycles. The number of thiazole rings is 1. The Morgan fingerprint density at radius 3 is 2.86 bits per heavy atom. The van der Waals surface area contributed by atoms with Gasteiger partial charge in [-0.25, -0.2) is 9.37 Å². The fourth-order valence-electron chi connectivity index (χ4n) is 3.79. The molecule has 4 rings (SSSR count). The van der Waals surface area contributed by atoms with Crippen molar-refractivity contribution in [1.29, 1.82) is 0 Å². The fourth-order valence-corrected chi connectivity index (χ4v) is 4.97. The lowest BCUT2D eigenvalue weighted by Crippen LogP contribution is -2.42. The van der Waals surface area contributed by atoms with Crippen molar-refractivity contribution >= 4 is 32.6 Å². The predicted molar refractivity (Wildman–Crippen MR) is 112 cm³/mol. The van der Waals surface area contributed by atoms with E-state index in [1.807, 2.05) is 0 Å². The number of fused-ring (bicyclic) bond motifs is 1. The zero-order chi connectivity index (χ0) is 19.7. The number of anilines is 1. The number of nitrogens with one attached hydrogen (secondary N) is 1. The van der Waals surface area contributed by atoms with Crippen molar-refractivity contribution < 1.29 is 9.18 Å². The zero-order valence-electron chi connectivity index (χ0n) is 16.2. The van der Waals surface area contributed by atoms with Crippen molar-refractivity contribution in [3.63, 3.8) is 0 Å². The van der Waals surface area contributed by atoms with Crippen molar-refractivity contribution in [2.75, 3.05) is 18.0 Å². The van der Waals surface area contributed by atoms with E-state index in [1.54, 1.807) is 23.5 Å². The van der Waals surface area contributed by atoms with Gasteiger partial charge in [-0.05, 0) is 61.6 Å². The van der Waals surface area contributed by atoms with Gasteiger partial charge in [0.05, 0.1) is 16.1 Å². The van der Waals surface area contributed by atoms with E-state index in [9.17, 15) is 9.18 Å². The molecule has 1 saturated heterocycles. The summed E-state index contributed by atoms with van der Waals surface area (Å²) in [5, 5.41) is 4.00. The van der Waals surface area contributed by atoms with Gasteiger partial charge in [0.15, 0.2) is 5.13 Å². The molecule has 0 saturated carbocycles. The average molecular weight is 398 g/mol. The standard InChI is InChI=1S/C22H24FN3OS/c1-14-10-15(2)20-19(11-14)28-22(25-20)26-9-3-4-17(13-26)21(27)24-12-16-5-7-18(23)8-6-16/h5-8,10-11,17H,3-4,9,12-13H2,1-2H3,(H,24,27)/t17-/m0/s1. The number of piperidine rings is 1. The Morgan fingerprint density at radius 1 is 1.29 bits per heavy atom. The first kappa shape index (κ1) is 18.9. The number of hydrogen-bond donors (Lipinski definition) is 1. The van der Waals surface area contributed by atoms with Crippen molar-refractivity contribution in [1.82, 2.24) is 10.3 Å². The number of carbonyl (C=O) groups excluding carboxylic acids is 1. The van der Waals surface area contributed by atoms with E-state index >= 15 is 0 Å². The highest BCUT2D eigenvalue weighted by Crippen LogP contribution is 2.33. The van der Waals surface area contributed by atoms with Crippen LogP contribution in [-0.4, -0.2) is 24.0 Å². The number of hydrogen-bond acceptors (Lipinski definition) is 4. The molecule has 1 N–H and O–H groups in total. The van der Waals surface area contributed by atoms with Crippen LogP contribution in [0.4, 0.5) is 9.52 Å². The summed E-state index contributed by atoms with van der Waals surface area (Å²) in [6.45, 7) is 6.25. The monoisotopic (exact) mass is 397 g/mol. The van der Waals surface area contributed by atoms with Gasteiger partial charge in [0.25, 0.3) is 0 Å². The Kier molecular flexibility index (Phi) is 5.31. The second kappa shape index (κ2) is 7.87. The molecule has 4 nitrogen and oxygen atoms in total. The van der Waals surface area contributed by atoms with Gasteiger partial charge in [-0.15, -0.1) is 0 Å². The molecule has 3 aromatic rings. The molecule has 1 aromatic heterocycles. The Morgan fingerprint density at radius 2 is 2.07 bits per heavy atom. The maximum atomic E-state index is 13.0. The summed E-state index contributed by atoms with van der Waals surface area (Å²) in [5.41, 5.74) is 4.41. The predicted octanol–water partition coefficient (Wildman–Crippen LogP) is 4.59. The molecule has 1 aliphatic heterocycles. The lowest BCUT2D eigenvalue weighted by atomic mass is 9.97. The fraction of sp³-hybridized carbons (Fsp3) is 0.364. The molecule has 0 spiro atoms. The molecule has 1 amide bonds. The van der Waals surface area contributed by atoms with Crippen LogP contribution in [0.15, 0.2) is 36.4 Å². The van der Waals surface area contributed by atoms with E-state index in [0.717, 1.165) is 35.6 Å². The number of benzene rings is 2. The molecule has 2 aromatic carbocycles. The second-order valence-corrected chi connectivity index (χ2v) is 8.56. The summed E-state index contributed by atoms with van der Waals surface area (Å²) in [5.74, 6) is -0.259. The minimum Gasteiger partial charge on any atom is -0.352 e. The molecular formula is C22H24FN3OS. The molecular weight excluding hydrogens is 373 g/mol. The van der Waals surface area contributed by atoms with Crippen LogP contribution in [0.3, 0.4) is 0 Å². The molecule has 1 fully saturated rings. The summed E-state index contributed by atoms with van der Waals surface area (Å²) in [4.78, 5) is 19.7. The number of halogens is 1. The van der Waals surface area contributed by atoms with Gasteiger partial charge >= 0.3 is 0 Å². The van der Waals surface area contributed by atoms with Gasteiger partial charge in [0, 0.05) is 19.6 Å². The Balaban J connectivity index is 1.43. The molecule has 1 aliphatic rings. The van der Waals surface area contributed by atoms with E-state index < -0.39 is 0 Å². The maximum absolute atomic E-state index is 13.0. The first-order valence-corrected chi connectivity index (χ1v) is 10.5. The van der Waals surface area contributed by atoms with Crippen molar-refractivity contribution in [2.24, 2.45) is 5.92 Å². The van der Waals surface area contributed by atoms with Gasteiger partial charge in [-0.1, -0.05) is 29.5 Å². The molecule has 1 atom stereocenters. The highest BCUT2D eigenvalue weighted by atomic mass is 32.1. The average Bonchev–Trinajstić information content (AvgIpc) is 3.12. The number of nitrogens with zero attached hydrogens (tertiary/aromatic N) is 2. The largest absolute Gasteiger partial charge is 0.352 e. The van der Waals surface area contributed by atoms with Gasteiger partial charge in [-0.2, -0.15) is 0 Å². The topological polar surface area (TPSA) is 45.2 Å². The van der Waals surface area contributed by atoms with Gasteiger partial charge in [0.2, 0.25) is 5.91 Å². The van der Waals surface area contributed by atoms with Crippen LogP contribution in [-0.2, 0) is 11.3 Å². The molecule has 0 unspecified atom stereocenters. The van der Waals surface area contributed by atoms with Crippen molar-refractivity contribution in [3.05, 3.63) is 58.9 Å². The number of aryl methyl sites for hydroxylation is 2. The minimum atomic E-state index is -0.265. The van der Waals surface area contributed by atoms with Crippen LogP contribution < -0.4 is 10.2 Å². The minimum absolute atomic E-state index is 0.0518. The van der Waals surface area contributed by atoms with Crippen molar-refractivity contribution in [2.45, 2.75) is 33.2 Å². The highest BCUT2D eigenvalue weighted by Gasteiger charge is 2.27. The van der Waals surface area contributed by atoms with E-state index in [1.165, 1.54) is 28.0 Å². The number of carbonyl (C=O) groups is 1. The summed E-state index contributed by atoms with van der Waals surface area (Å²) < 4.78 is 14.2. The van der Waals surface area contributed by atoms with Crippen LogP contribution in [0, 0.1) is 25.6 Å². The first-order valence-electron chi connectivity index (χ1n) is 9.64. The SMILES string of the molecule is Cc1cc(C)c2nc(N3CCC[C@H](C(=O)NCc4ccc(F)cc4)C3)sc2c1. The Hall–Kier alpha value is -2.47. The third-order valence-corrected chi connectivity index (χ3v) is 6.32. The van der Waals surface area contributed by atoms with Crippen LogP contribution in [0.25, 0.3) is 10.2 Å². The normalized spacial score (nSPS) is 17.1. The lowest BCUT2D eigenvalue weighted by Gasteiger charge is -2.31. The summed E-state index contributed by atoms with van der Waals surface area (Å²) in [7, 11) is 0. The van der Waals surface area contributed by atoms with Crippen LogP contribution in [0.1, 0.15) is 29.5 Å². The quantitative estimate of drug-likeness (QED) is 0.701. The van der Waals surface area contributed by atoms with E-state index in [2.05, 4.69) is 36.2 Å². The Bertz CT molecular complexity index is 999. The van der Waals surface area contributed by atoms with E-state index in [4.69, 9.17) is 4.98 Å². The molecule has 0 bridgehead atoms. The molecule has 146 valence electrons. The molecule has 28 heavy (non-hydrogen) atoms. The molecule has 0 radical (unpaired) electrons. The van der Waals surface area contributed by atoms with Gasteiger partial charge < -0.3 is 10.2 Å². The van der Waals surface area contributed by atoms with Crippen LogP contribution in [0.5, 0.6) is 0 Å². The highest BCUT2D eigenvalue weighted by molar-refractivity contribution is 7.22. The maximum Gasteiger partial charge on any atom is 0.225 e. The number of rotatable bonds is 4. The Labute approximate surface area is 168 Å². The smallest absolute Gasteiger partial charge is 0.225 e. The van der Waals surface area contributed by atoms with Crippen LogP contribution in [0.2, 0.25) is 0 Å². The molecule has 6 heteroatoms. The zero-order valence-corrected chi connectivity index (χ0v) is 17.0. The van der Waals surface area contributed by atoms with E-state index in [0.29, 0.717) is 13.1 Å². The van der Waals surface area contributed by atoms with Crippen LogP contribution >= 0.6 is 11.3 Å².